The molecule has 0 aliphatic heterocycles. The van der Waals surface area contributed by atoms with Crippen LogP contribution in [0.1, 0.15) is 40.7 Å². The Labute approximate surface area is 164 Å². The highest BCUT2D eigenvalue weighted by molar-refractivity contribution is 7.90. The second kappa shape index (κ2) is 7.39. The van der Waals surface area contributed by atoms with Crippen molar-refractivity contribution in [2.75, 3.05) is 13.4 Å². The number of aryl methyl sites for hydroxylation is 1. The Morgan fingerprint density at radius 2 is 2.04 bits per heavy atom. The Morgan fingerprint density at radius 3 is 2.82 bits per heavy atom. The van der Waals surface area contributed by atoms with Crippen molar-refractivity contribution >= 4 is 9.84 Å². The van der Waals surface area contributed by atoms with E-state index in [0.717, 1.165) is 31.1 Å². The van der Waals surface area contributed by atoms with E-state index >= 15 is 0 Å². The summed E-state index contributed by atoms with van der Waals surface area (Å²) in [4.78, 5) is 4.71. The zero-order valence-electron chi connectivity index (χ0n) is 15.9. The fourth-order valence-electron chi connectivity index (χ4n) is 3.82. The lowest BCUT2D eigenvalue weighted by atomic mass is 9.98. The largest absolute Gasteiger partial charge is 0.495 e. The van der Waals surface area contributed by atoms with Gasteiger partial charge in [0.25, 0.3) is 0 Å². The summed E-state index contributed by atoms with van der Waals surface area (Å²) in [7, 11) is -1.89. The maximum absolute atomic E-state index is 11.8. The molecule has 146 valence electrons. The number of rotatable bonds is 6. The lowest BCUT2D eigenvalue weighted by molar-refractivity contribution is 0.364. The fraction of sp³-hybridized carbons (Fsp3) is 0.333. The molecule has 28 heavy (non-hydrogen) atoms. The lowest BCUT2D eigenvalue weighted by Gasteiger charge is -2.08. The van der Waals surface area contributed by atoms with Gasteiger partial charge in [-0.1, -0.05) is 35.5 Å². The second-order valence-corrected chi connectivity index (χ2v) is 9.16. The number of hydrogen-bond acceptors (Lipinski definition) is 6. The lowest BCUT2D eigenvalue weighted by Crippen LogP contribution is -2.02. The van der Waals surface area contributed by atoms with Gasteiger partial charge in [0.2, 0.25) is 5.89 Å². The van der Waals surface area contributed by atoms with Gasteiger partial charge in [-0.25, -0.2) is 8.42 Å². The summed E-state index contributed by atoms with van der Waals surface area (Å²) >= 11 is 0. The van der Waals surface area contributed by atoms with E-state index in [1.54, 1.807) is 18.2 Å². The molecule has 1 atom stereocenters. The summed E-state index contributed by atoms with van der Waals surface area (Å²) in [6.07, 6.45) is 4.54. The van der Waals surface area contributed by atoms with E-state index in [0.29, 0.717) is 29.8 Å². The van der Waals surface area contributed by atoms with Crippen LogP contribution < -0.4 is 4.74 Å². The first kappa shape index (κ1) is 18.7. The van der Waals surface area contributed by atoms with E-state index in [1.165, 1.54) is 18.2 Å². The van der Waals surface area contributed by atoms with Gasteiger partial charge in [0, 0.05) is 19.1 Å². The Hall–Kier alpha value is -2.67. The van der Waals surface area contributed by atoms with Gasteiger partial charge in [0.05, 0.1) is 7.11 Å². The van der Waals surface area contributed by atoms with Crippen molar-refractivity contribution in [3.63, 3.8) is 0 Å². The van der Waals surface area contributed by atoms with Gasteiger partial charge in [-0.15, -0.1) is 0 Å². The molecule has 0 saturated heterocycles. The molecule has 0 bridgehead atoms. The molecular weight excluding hydrogens is 376 g/mol. The zero-order valence-corrected chi connectivity index (χ0v) is 16.7. The number of aromatic nitrogens is 2. The second-order valence-electron chi connectivity index (χ2n) is 7.18. The molecule has 1 aliphatic carbocycles. The Kier molecular flexibility index (Phi) is 4.93. The van der Waals surface area contributed by atoms with E-state index in [-0.39, 0.29) is 4.90 Å². The van der Waals surface area contributed by atoms with Gasteiger partial charge >= 0.3 is 0 Å². The van der Waals surface area contributed by atoms with Crippen molar-refractivity contribution in [2.24, 2.45) is 0 Å². The average molecular weight is 398 g/mol. The smallest absolute Gasteiger partial charge is 0.227 e. The molecule has 0 spiro atoms. The number of benzene rings is 2. The van der Waals surface area contributed by atoms with Crippen molar-refractivity contribution < 1.29 is 17.7 Å². The predicted octanol–water partition coefficient (Wildman–Crippen LogP) is 3.35. The zero-order chi connectivity index (χ0) is 19.7. The quantitative estimate of drug-likeness (QED) is 0.633. The molecule has 0 fully saturated rings. The Morgan fingerprint density at radius 1 is 1.21 bits per heavy atom. The fourth-order valence-corrected chi connectivity index (χ4v) is 4.65. The van der Waals surface area contributed by atoms with Crippen LogP contribution in [0.4, 0.5) is 0 Å². The normalized spacial score (nSPS) is 16.1. The molecule has 4 rings (SSSR count). The molecule has 3 aromatic rings. The van der Waals surface area contributed by atoms with Crippen molar-refractivity contribution in [2.45, 2.75) is 36.5 Å². The first-order valence-electron chi connectivity index (χ1n) is 9.20. The highest BCUT2D eigenvalue weighted by Crippen LogP contribution is 2.35. The summed E-state index contributed by atoms with van der Waals surface area (Å²) in [5.74, 6) is 1.96. The molecule has 0 saturated carbocycles. The van der Waals surface area contributed by atoms with E-state index in [4.69, 9.17) is 9.26 Å². The molecule has 0 N–H and O–H groups in total. The molecule has 1 heterocycles. The van der Waals surface area contributed by atoms with E-state index in [1.807, 2.05) is 0 Å². The minimum Gasteiger partial charge on any atom is -0.495 e. The van der Waals surface area contributed by atoms with Crippen LogP contribution in [0.3, 0.4) is 0 Å². The van der Waals surface area contributed by atoms with Gasteiger partial charge in [-0.3, -0.25) is 0 Å². The molecule has 1 aliphatic rings. The maximum Gasteiger partial charge on any atom is 0.227 e. The van der Waals surface area contributed by atoms with Crippen LogP contribution in [0.5, 0.6) is 5.75 Å². The van der Waals surface area contributed by atoms with Crippen LogP contribution >= 0.6 is 0 Å². The first-order valence-corrected chi connectivity index (χ1v) is 11.1. The van der Waals surface area contributed by atoms with Gasteiger partial charge < -0.3 is 9.26 Å². The highest BCUT2D eigenvalue weighted by Gasteiger charge is 2.24. The van der Waals surface area contributed by atoms with Crippen LogP contribution in [-0.4, -0.2) is 31.9 Å². The van der Waals surface area contributed by atoms with Crippen molar-refractivity contribution in [3.8, 4) is 5.75 Å². The van der Waals surface area contributed by atoms with Crippen LogP contribution in [0.2, 0.25) is 0 Å². The summed E-state index contributed by atoms with van der Waals surface area (Å²) in [6.45, 7) is 0. The summed E-state index contributed by atoms with van der Waals surface area (Å²) in [5.41, 5.74) is 3.65. The van der Waals surface area contributed by atoms with E-state index < -0.39 is 9.84 Å². The number of sulfone groups is 1. The molecular formula is C21H22N2O4S. The maximum atomic E-state index is 11.8. The summed E-state index contributed by atoms with van der Waals surface area (Å²) in [6, 6.07) is 13.5. The number of fused-ring (bicyclic) bond motifs is 1. The van der Waals surface area contributed by atoms with Crippen molar-refractivity contribution in [1.29, 1.82) is 0 Å². The van der Waals surface area contributed by atoms with Crippen LogP contribution in [0, 0.1) is 0 Å². The number of nitrogens with zero attached hydrogens (tertiary/aromatic N) is 2. The minimum absolute atomic E-state index is 0.174. The van der Waals surface area contributed by atoms with Crippen molar-refractivity contribution in [3.05, 3.63) is 70.9 Å². The van der Waals surface area contributed by atoms with E-state index in [9.17, 15) is 8.42 Å². The Bertz CT molecular complexity index is 1110. The van der Waals surface area contributed by atoms with Crippen molar-refractivity contribution in [1.82, 2.24) is 10.1 Å². The molecule has 7 heteroatoms. The van der Waals surface area contributed by atoms with Crippen LogP contribution in [0.25, 0.3) is 0 Å². The minimum atomic E-state index is -3.34. The average Bonchev–Trinajstić information content (AvgIpc) is 3.28. The third kappa shape index (κ3) is 3.80. The topological polar surface area (TPSA) is 82.3 Å². The number of hydrogen-bond donors (Lipinski definition) is 0. The molecule has 6 nitrogen and oxygen atoms in total. The SMILES string of the molecule is COc1cc(Cc2noc(CC3CCc4ccccc43)n2)ccc1S(C)(=O)=O. The molecule has 0 amide bonds. The summed E-state index contributed by atoms with van der Waals surface area (Å²) in [5, 5.41) is 4.09. The molecule has 2 aromatic carbocycles. The molecule has 1 aromatic heterocycles. The molecule has 1 unspecified atom stereocenters. The van der Waals surface area contributed by atoms with Gasteiger partial charge in [-0.05, 0) is 47.6 Å². The number of ether oxygens (including phenoxy) is 1. The monoisotopic (exact) mass is 398 g/mol. The molecule has 0 radical (unpaired) electrons. The van der Waals surface area contributed by atoms with Gasteiger partial charge in [0.15, 0.2) is 15.7 Å². The van der Waals surface area contributed by atoms with Crippen LogP contribution in [0.15, 0.2) is 51.9 Å². The standard InChI is InChI=1S/C21H22N2O4S/c1-26-18-11-14(7-10-19(18)28(2,24)25)12-20-22-21(27-23-20)13-16-9-8-15-5-3-4-6-17(15)16/h3-7,10-11,16H,8-9,12-13H2,1-2H3. The number of methoxy groups -OCH3 is 1. The summed E-state index contributed by atoms with van der Waals surface area (Å²) < 4.78 is 34.3. The third-order valence-corrected chi connectivity index (χ3v) is 6.31. The van der Waals surface area contributed by atoms with E-state index in [2.05, 4.69) is 34.4 Å². The third-order valence-electron chi connectivity index (χ3n) is 5.18. The van der Waals surface area contributed by atoms with Gasteiger partial charge in [-0.2, -0.15) is 4.98 Å². The predicted molar refractivity (Wildman–Crippen MR) is 104 cm³/mol. The first-order chi connectivity index (χ1) is 13.4. The Balaban J connectivity index is 1.48. The van der Waals surface area contributed by atoms with Crippen LogP contribution in [-0.2, 0) is 29.1 Å². The van der Waals surface area contributed by atoms with Gasteiger partial charge in [0.1, 0.15) is 10.6 Å². The highest BCUT2D eigenvalue weighted by atomic mass is 32.2.